The van der Waals surface area contributed by atoms with Gasteiger partial charge in [0.05, 0.1) is 0 Å². The average molecular weight is 240 g/mol. The molecule has 0 aliphatic carbocycles. The van der Waals surface area contributed by atoms with E-state index in [1.54, 1.807) is 0 Å². The molecule has 0 aliphatic heterocycles. The summed E-state index contributed by atoms with van der Waals surface area (Å²) in [6.07, 6.45) is 6.63. The van der Waals surface area contributed by atoms with Gasteiger partial charge >= 0.3 is 5.97 Å². The van der Waals surface area contributed by atoms with Crippen molar-refractivity contribution >= 4 is 5.97 Å². The topological polar surface area (TPSA) is 37.3 Å². The molecule has 0 radical (unpaired) electrons. The maximum absolute atomic E-state index is 11.0. The van der Waals surface area contributed by atoms with Gasteiger partial charge in [-0.25, -0.2) is 4.79 Å². The summed E-state index contributed by atoms with van der Waals surface area (Å²) in [5.74, 6) is -0.709. The number of unbranched alkanes of at least 4 members (excludes halogenated alkanes) is 3. The molecule has 0 heterocycles. The van der Waals surface area contributed by atoms with E-state index in [4.69, 9.17) is 5.11 Å². The van der Waals surface area contributed by atoms with Crippen LogP contribution in [0.5, 0.6) is 0 Å². The number of carboxylic acids is 1. The van der Waals surface area contributed by atoms with Crippen molar-refractivity contribution < 1.29 is 9.90 Å². The zero-order chi connectivity index (χ0) is 13.5. The molecule has 0 aliphatic rings. The molecular formula is C15H28O2. The minimum absolute atomic E-state index is 0.129. The summed E-state index contributed by atoms with van der Waals surface area (Å²) in [5, 5.41) is 9.05. The first-order valence-corrected chi connectivity index (χ1v) is 6.70. The van der Waals surface area contributed by atoms with Crippen molar-refractivity contribution in [1.82, 2.24) is 0 Å². The Labute approximate surface area is 106 Å². The Morgan fingerprint density at radius 3 is 2.24 bits per heavy atom. The molecule has 2 nitrogen and oxygen atoms in total. The zero-order valence-electron chi connectivity index (χ0n) is 11.9. The highest BCUT2D eigenvalue weighted by Crippen LogP contribution is 2.31. The second kappa shape index (κ2) is 7.52. The molecular weight excluding hydrogens is 212 g/mol. The van der Waals surface area contributed by atoms with Crippen LogP contribution in [0.3, 0.4) is 0 Å². The van der Waals surface area contributed by atoms with Crippen molar-refractivity contribution in [2.45, 2.75) is 66.2 Å². The third kappa shape index (κ3) is 8.00. The minimum Gasteiger partial charge on any atom is -0.478 e. The van der Waals surface area contributed by atoms with Gasteiger partial charge in [0.1, 0.15) is 0 Å². The number of hydrogen-bond acceptors (Lipinski definition) is 1. The van der Waals surface area contributed by atoms with Crippen molar-refractivity contribution in [3.8, 4) is 0 Å². The maximum atomic E-state index is 11.0. The van der Waals surface area contributed by atoms with E-state index in [1.165, 1.54) is 19.3 Å². The van der Waals surface area contributed by atoms with Gasteiger partial charge in [0.25, 0.3) is 0 Å². The first-order chi connectivity index (χ1) is 7.78. The molecule has 0 spiro atoms. The Morgan fingerprint density at radius 1 is 1.24 bits per heavy atom. The van der Waals surface area contributed by atoms with Crippen LogP contribution in [0, 0.1) is 11.3 Å². The van der Waals surface area contributed by atoms with E-state index in [0.717, 1.165) is 19.3 Å². The summed E-state index contributed by atoms with van der Waals surface area (Å²) in [6, 6.07) is 0. The molecule has 1 atom stereocenters. The van der Waals surface area contributed by atoms with Crippen LogP contribution in [-0.2, 0) is 4.79 Å². The maximum Gasteiger partial charge on any atom is 0.331 e. The van der Waals surface area contributed by atoms with E-state index in [-0.39, 0.29) is 11.3 Å². The molecule has 0 saturated carbocycles. The van der Waals surface area contributed by atoms with Gasteiger partial charge in [0.15, 0.2) is 0 Å². The third-order valence-corrected chi connectivity index (χ3v) is 3.03. The van der Waals surface area contributed by atoms with Gasteiger partial charge < -0.3 is 5.11 Å². The second-order valence-corrected chi connectivity index (χ2v) is 6.14. The molecule has 1 unspecified atom stereocenters. The molecule has 0 bridgehead atoms. The predicted octanol–water partition coefficient (Wildman–Crippen LogP) is 4.65. The highest BCUT2D eigenvalue weighted by atomic mass is 16.4. The second-order valence-electron chi connectivity index (χ2n) is 6.14. The molecule has 1 N–H and O–H groups in total. The lowest BCUT2D eigenvalue weighted by atomic mass is 9.79. The van der Waals surface area contributed by atoms with Crippen LogP contribution in [-0.4, -0.2) is 11.1 Å². The fraction of sp³-hybridized carbons (Fsp3) is 0.800. The average Bonchev–Trinajstić information content (AvgIpc) is 2.19. The van der Waals surface area contributed by atoms with Gasteiger partial charge in [0.2, 0.25) is 0 Å². The third-order valence-electron chi connectivity index (χ3n) is 3.03. The first-order valence-electron chi connectivity index (χ1n) is 6.70. The van der Waals surface area contributed by atoms with E-state index in [2.05, 4.69) is 34.3 Å². The fourth-order valence-corrected chi connectivity index (χ4v) is 2.13. The summed E-state index contributed by atoms with van der Waals surface area (Å²) in [6.45, 7) is 12.4. The van der Waals surface area contributed by atoms with Crippen molar-refractivity contribution in [2.75, 3.05) is 0 Å². The van der Waals surface area contributed by atoms with Crippen molar-refractivity contribution in [1.29, 1.82) is 0 Å². The van der Waals surface area contributed by atoms with E-state index >= 15 is 0 Å². The normalized spacial score (nSPS) is 13.4. The van der Waals surface area contributed by atoms with Crippen LogP contribution < -0.4 is 0 Å². The van der Waals surface area contributed by atoms with Crippen LogP contribution >= 0.6 is 0 Å². The molecule has 0 aromatic carbocycles. The Balaban J connectivity index is 4.31. The molecule has 100 valence electrons. The molecule has 0 rings (SSSR count). The van der Waals surface area contributed by atoms with Gasteiger partial charge in [-0.2, -0.15) is 0 Å². The van der Waals surface area contributed by atoms with Crippen LogP contribution in [0.15, 0.2) is 12.2 Å². The Hall–Kier alpha value is -0.790. The summed E-state index contributed by atoms with van der Waals surface area (Å²) < 4.78 is 0. The molecule has 17 heavy (non-hydrogen) atoms. The predicted molar refractivity (Wildman–Crippen MR) is 73.1 cm³/mol. The number of hydrogen-bond donors (Lipinski definition) is 1. The van der Waals surface area contributed by atoms with Crippen LogP contribution in [0.1, 0.15) is 66.2 Å². The summed E-state index contributed by atoms with van der Waals surface area (Å²) in [4.78, 5) is 11.0. The smallest absolute Gasteiger partial charge is 0.331 e. The zero-order valence-corrected chi connectivity index (χ0v) is 11.9. The largest absolute Gasteiger partial charge is 0.478 e. The molecule has 0 aromatic heterocycles. The lowest BCUT2D eigenvalue weighted by Crippen LogP contribution is -2.19. The van der Waals surface area contributed by atoms with E-state index < -0.39 is 5.97 Å². The van der Waals surface area contributed by atoms with E-state index in [0.29, 0.717) is 5.57 Å². The number of aliphatic carboxylic acids is 1. The highest BCUT2D eigenvalue weighted by Gasteiger charge is 2.23. The van der Waals surface area contributed by atoms with Crippen molar-refractivity contribution in [2.24, 2.45) is 11.3 Å². The molecule has 0 fully saturated rings. The standard InChI is InChI=1S/C15H28O2/c1-6-7-8-9-10-13(11-15(3,4)5)12(2)14(16)17/h13H,2,6-11H2,1,3-5H3,(H,16,17). The monoisotopic (exact) mass is 240 g/mol. The van der Waals surface area contributed by atoms with Gasteiger partial charge in [0, 0.05) is 5.57 Å². The Bertz CT molecular complexity index is 248. The van der Waals surface area contributed by atoms with Crippen LogP contribution in [0.25, 0.3) is 0 Å². The summed E-state index contributed by atoms with van der Waals surface area (Å²) in [7, 11) is 0. The van der Waals surface area contributed by atoms with Gasteiger partial charge in [-0.15, -0.1) is 0 Å². The van der Waals surface area contributed by atoms with Crippen LogP contribution in [0.4, 0.5) is 0 Å². The molecule has 0 amide bonds. The highest BCUT2D eigenvalue weighted by molar-refractivity contribution is 5.86. The molecule has 0 aromatic rings. The number of carbonyl (C=O) groups is 1. The van der Waals surface area contributed by atoms with Crippen molar-refractivity contribution in [3.05, 3.63) is 12.2 Å². The number of rotatable bonds is 8. The molecule has 2 heteroatoms. The van der Waals surface area contributed by atoms with Gasteiger partial charge in [-0.3, -0.25) is 0 Å². The Kier molecular flexibility index (Phi) is 7.17. The first kappa shape index (κ1) is 16.2. The van der Waals surface area contributed by atoms with Gasteiger partial charge in [-0.05, 0) is 24.2 Å². The minimum atomic E-state index is -0.838. The van der Waals surface area contributed by atoms with E-state index in [1.807, 2.05) is 0 Å². The quantitative estimate of drug-likeness (QED) is 0.495. The fourth-order valence-electron chi connectivity index (χ4n) is 2.13. The summed E-state index contributed by atoms with van der Waals surface area (Å²) >= 11 is 0. The Morgan fingerprint density at radius 2 is 1.82 bits per heavy atom. The molecule has 0 saturated heterocycles. The van der Waals surface area contributed by atoms with Gasteiger partial charge in [-0.1, -0.05) is 60.0 Å². The lowest BCUT2D eigenvalue weighted by Gasteiger charge is -2.26. The SMILES string of the molecule is C=C(C(=O)O)C(CCCCCC)CC(C)(C)C. The number of carboxylic acid groups (broad SMARTS) is 1. The lowest BCUT2D eigenvalue weighted by molar-refractivity contribution is -0.133. The van der Waals surface area contributed by atoms with E-state index in [9.17, 15) is 4.79 Å². The van der Waals surface area contributed by atoms with Crippen molar-refractivity contribution in [3.63, 3.8) is 0 Å². The summed E-state index contributed by atoms with van der Waals surface area (Å²) in [5.41, 5.74) is 0.546. The van der Waals surface area contributed by atoms with Crippen LogP contribution in [0.2, 0.25) is 0 Å².